The van der Waals surface area contributed by atoms with Gasteiger partial charge in [-0.3, -0.25) is 9.59 Å². The first-order chi connectivity index (χ1) is 9.42. The molecule has 2 atom stereocenters. The Morgan fingerprint density at radius 3 is 1.55 bits per heavy atom. The van der Waals surface area contributed by atoms with E-state index in [9.17, 15) is 19.8 Å². The van der Waals surface area contributed by atoms with E-state index in [0.29, 0.717) is 0 Å². The normalized spacial score (nSPS) is 29.4. The van der Waals surface area contributed by atoms with Crippen molar-refractivity contribution in [2.45, 2.75) is 25.4 Å². The number of ketones is 2. The maximum Gasteiger partial charge on any atom is 0.295 e. The zero-order valence-electron chi connectivity index (χ0n) is 11.3. The van der Waals surface area contributed by atoms with Crippen LogP contribution in [0.25, 0.3) is 0 Å². The maximum atomic E-state index is 12.4. The number of rotatable bonds is 4. The molecule has 0 unspecified atom stereocenters. The summed E-state index contributed by atoms with van der Waals surface area (Å²) in [5.74, 6) is -7.29. The number of carbonyl (C=O) groups is 2. The van der Waals surface area contributed by atoms with Gasteiger partial charge in [-0.2, -0.15) is 0 Å². The Bertz CT molecular complexity index is 505. The van der Waals surface area contributed by atoms with E-state index >= 15 is 0 Å². The van der Waals surface area contributed by atoms with Gasteiger partial charge < -0.3 is 19.7 Å². The molecule has 0 aromatic heterocycles. The third kappa shape index (κ3) is 1.81. The smallest absolute Gasteiger partial charge is 0.295 e. The maximum absolute atomic E-state index is 12.4. The molecule has 0 amide bonds. The van der Waals surface area contributed by atoms with E-state index in [1.807, 2.05) is 0 Å². The molecule has 1 aliphatic rings. The molecular formula is C14H16O6. The molecule has 0 aliphatic heterocycles. The highest BCUT2D eigenvalue weighted by Crippen LogP contribution is 2.38. The third-order valence-corrected chi connectivity index (χ3v) is 3.20. The highest BCUT2D eigenvalue weighted by atomic mass is 16.7. The molecule has 1 aromatic carbocycles. The number of benzene rings is 1. The average molecular weight is 280 g/mol. The molecule has 20 heavy (non-hydrogen) atoms. The Balaban J connectivity index is 2.68. The minimum absolute atomic E-state index is 0.00201. The van der Waals surface area contributed by atoms with Gasteiger partial charge in [-0.05, 0) is 13.8 Å². The minimum Gasteiger partial charge on any atom is -0.355 e. The summed E-state index contributed by atoms with van der Waals surface area (Å²) in [5, 5.41) is 20.9. The van der Waals surface area contributed by atoms with Crippen molar-refractivity contribution >= 4 is 11.6 Å². The molecule has 108 valence electrons. The van der Waals surface area contributed by atoms with Crippen molar-refractivity contribution in [3.63, 3.8) is 0 Å². The number of fused-ring (bicyclic) bond motifs is 1. The van der Waals surface area contributed by atoms with Crippen molar-refractivity contribution in [1.29, 1.82) is 0 Å². The summed E-state index contributed by atoms with van der Waals surface area (Å²) in [6.07, 6.45) is 0. The van der Waals surface area contributed by atoms with Crippen molar-refractivity contribution in [3.05, 3.63) is 35.4 Å². The lowest BCUT2D eigenvalue weighted by atomic mass is 9.80. The monoisotopic (exact) mass is 280 g/mol. The highest BCUT2D eigenvalue weighted by molar-refractivity contribution is 6.20. The van der Waals surface area contributed by atoms with Gasteiger partial charge in [0.25, 0.3) is 11.6 Å². The Hall–Kier alpha value is -1.60. The molecule has 0 heterocycles. The number of aliphatic hydroxyl groups is 2. The molecule has 1 aliphatic carbocycles. The molecule has 6 heteroatoms. The molecule has 0 bridgehead atoms. The average Bonchev–Trinajstić information content (AvgIpc) is 2.44. The number of hydrogen-bond donors (Lipinski definition) is 2. The number of hydrogen-bond acceptors (Lipinski definition) is 6. The molecule has 0 saturated heterocycles. The molecule has 0 radical (unpaired) electrons. The largest absolute Gasteiger partial charge is 0.355 e. The molecule has 0 saturated carbocycles. The molecule has 2 rings (SSSR count). The van der Waals surface area contributed by atoms with E-state index in [0.717, 1.165) is 0 Å². The lowest BCUT2D eigenvalue weighted by Gasteiger charge is -2.42. The van der Waals surface area contributed by atoms with Crippen LogP contribution in [0.1, 0.15) is 34.6 Å². The van der Waals surface area contributed by atoms with Crippen molar-refractivity contribution in [2.75, 3.05) is 13.2 Å². The molecule has 0 spiro atoms. The topological polar surface area (TPSA) is 93.1 Å². The summed E-state index contributed by atoms with van der Waals surface area (Å²) in [5.41, 5.74) is -0.00402. The van der Waals surface area contributed by atoms with Crippen LogP contribution in [-0.2, 0) is 9.47 Å². The zero-order valence-corrected chi connectivity index (χ0v) is 11.3. The summed E-state index contributed by atoms with van der Waals surface area (Å²) in [7, 11) is 0. The summed E-state index contributed by atoms with van der Waals surface area (Å²) >= 11 is 0. The lowest BCUT2D eigenvalue weighted by molar-refractivity contribution is -0.330. The Kier molecular flexibility index (Phi) is 3.75. The first-order valence-electron chi connectivity index (χ1n) is 6.33. The van der Waals surface area contributed by atoms with Gasteiger partial charge >= 0.3 is 0 Å². The second kappa shape index (κ2) is 5.06. The van der Waals surface area contributed by atoms with Crippen LogP contribution >= 0.6 is 0 Å². The van der Waals surface area contributed by atoms with E-state index < -0.39 is 23.1 Å². The summed E-state index contributed by atoms with van der Waals surface area (Å²) in [4.78, 5) is 24.8. The Morgan fingerprint density at radius 2 is 1.25 bits per heavy atom. The van der Waals surface area contributed by atoms with Crippen molar-refractivity contribution in [1.82, 2.24) is 0 Å². The first kappa shape index (κ1) is 14.8. The van der Waals surface area contributed by atoms with Crippen LogP contribution in [-0.4, -0.2) is 46.6 Å². The van der Waals surface area contributed by atoms with Crippen molar-refractivity contribution < 1.29 is 29.3 Å². The third-order valence-electron chi connectivity index (χ3n) is 3.20. The fourth-order valence-electron chi connectivity index (χ4n) is 2.30. The standard InChI is InChI=1S/C14H16O6/c1-3-19-13(17)11(15)9-7-5-6-8-10(9)12(16)14(13,18)20-4-2/h5-8,17-18H,3-4H2,1-2H3/t13-,14-/m0/s1. The quantitative estimate of drug-likeness (QED) is 0.781. The number of Topliss-reactive ketones (excluding diaryl/α,β-unsaturated/α-hetero) is 2. The zero-order chi connectivity index (χ0) is 15.0. The SMILES string of the molecule is CCO[C@@]1(O)C(=O)c2ccccc2C(=O)[C@]1(O)OCC. The van der Waals surface area contributed by atoms with E-state index in [1.165, 1.54) is 26.0 Å². The predicted molar refractivity (Wildman–Crippen MR) is 68.3 cm³/mol. The highest BCUT2D eigenvalue weighted by Gasteiger charge is 2.66. The summed E-state index contributed by atoms with van der Waals surface area (Å²) < 4.78 is 9.98. The number of ether oxygens (including phenoxy) is 2. The van der Waals surface area contributed by atoms with E-state index in [-0.39, 0.29) is 24.3 Å². The minimum atomic E-state index is -2.75. The van der Waals surface area contributed by atoms with Crippen LogP contribution in [0.3, 0.4) is 0 Å². The van der Waals surface area contributed by atoms with E-state index in [2.05, 4.69) is 0 Å². The summed E-state index contributed by atoms with van der Waals surface area (Å²) in [6, 6.07) is 5.90. The number of carbonyl (C=O) groups excluding carboxylic acids is 2. The van der Waals surface area contributed by atoms with E-state index in [1.54, 1.807) is 12.1 Å². The van der Waals surface area contributed by atoms with Crippen LogP contribution in [0.5, 0.6) is 0 Å². The fraction of sp³-hybridized carbons (Fsp3) is 0.429. The van der Waals surface area contributed by atoms with Gasteiger partial charge in [0.2, 0.25) is 11.6 Å². The molecule has 2 N–H and O–H groups in total. The van der Waals surface area contributed by atoms with Gasteiger partial charge in [0.1, 0.15) is 0 Å². The van der Waals surface area contributed by atoms with Gasteiger partial charge in [-0.1, -0.05) is 24.3 Å². The molecule has 6 nitrogen and oxygen atoms in total. The van der Waals surface area contributed by atoms with Crippen LogP contribution in [0.4, 0.5) is 0 Å². The van der Waals surface area contributed by atoms with Gasteiger partial charge in [-0.25, -0.2) is 0 Å². The Morgan fingerprint density at radius 1 is 0.900 bits per heavy atom. The van der Waals surface area contributed by atoms with Gasteiger partial charge in [0.15, 0.2) is 0 Å². The Labute approximate surface area is 115 Å². The first-order valence-corrected chi connectivity index (χ1v) is 6.33. The molecule has 1 aromatic rings. The van der Waals surface area contributed by atoms with Gasteiger partial charge in [0.05, 0.1) is 0 Å². The molecular weight excluding hydrogens is 264 g/mol. The van der Waals surface area contributed by atoms with Crippen molar-refractivity contribution in [2.24, 2.45) is 0 Å². The van der Waals surface area contributed by atoms with Crippen LogP contribution in [0.15, 0.2) is 24.3 Å². The van der Waals surface area contributed by atoms with Crippen LogP contribution < -0.4 is 0 Å². The van der Waals surface area contributed by atoms with Crippen LogP contribution in [0, 0.1) is 0 Å². The van der Waals surface area contributed by atoms with Crippen LogP contribution in [0.2, 0.25) is 0 Å². The van der Waals surface area contributed by atoms with Gasteiger partial charge in [-0.15, -0.1) is 0 Å². The second-order valence-electron chi connectivity index (χ2n) is 4.36. The van der Waals surface area contributed by atoms with Crippen molar-refractivity contribution in [3.8, 4) is 0 Å². The predicted octanol–water partition coefficient (Wildman–Crippen LogP) is 0.516. The second-order valence-corrected chi connectivity index (χ2v) is 4.36. The van der Waals surface area contributed by atoms with E-state index in [4.69, 9.17) is 9.47 Å². The fourth-order valence-corrected chi connectivity index (χ4v) is 2.30. The summed E-state index contributed by atoms with van der Waals surface area (Å²) in [6.45, 7) is 2.91. The molecule has 0 fully saturated rings. The van der Waals surface area contributed by atoms with Gasteiger partial charge in [0, 0.05) is 24.3 Å². The lowest BCUT2D eigenvalue weighted by Crippen LogP contribution is -2.69.